The highest BCUT2D eigenvalue weighted by Crippen LogP contribution is 2.32. The molecular weight excluding hydrogens is 204 g/mol. The first-order valence-corrected chi connectivity index (χ1v) is 7.32. The molecule has 0 aliphatic carbocycles. The third kappa shape index (κ3) is 3.11. The largest absolute Gasteiger partial charge is 0.329 e. The zero-order chi connectivity index (χ0) is 11.3. The van der Waals surface area contributed by atoms with Gasteiger partial charge in [-0.25, -0.2) is 0 Å². The van der Waals surface area contributed by atoms with Gasteiger partial charge in [-0.15, -0.1) is 0 Å². The molecule has 3 heteroatoms. The van der Waals surface area contributed by atoms with Crippen molar-refractivity contribution in [3.63, 3.8) is 0 Å². The lowest BCUT2D eigenvalue weighted by Gasteiger charge is -2.46. The Morgan fingerprint density at radius 3 is 2.47 bits per heavy atom. The molecule has 0 saturated carbocycles. The zero-order valence-electron chi connectivity index (χ0n) is 10.5. The van der Waals surface area contributed by atoms with Crippen molar-refractivity contribution in [2.75, 3.05) is 25.1 Å². The van der Waals surface area contributed by atoms with Gasteiger partial charge in [0, 0.05) is 18.1 Å². The molecular formula is C12H26N2S. The Labute approximate surface area is 99.0 Å². The Bertz CT molecular complexity index is 178. The maximum absolute atomic E-state index is 6.02. The third-order valence-electron chi connectivity index (χ3n) is 3.92. The summed E-state index contributed by atoms with van der Waals surface area (Å²) in [6.07, 6.45) is 5.07. The van der Waals surface area contributed by atoms with E-state index in [4.69, 9.17) is 5.73 Å². The van der Waals surface area contributed by atoms with E-state index in [-0.39, 0.29) is 0 Å². The van der Waals surface area contributed by atoms with Crippen LogP contribution in [0.2, 0.25) is 0 Å². The average Bonchev–Trinajstić information content (AvgIpc) is 2.29. The molecule has 0 aromatic heterocycles. The molecule has 15 heavy (non-hydrogen) atoms. The van der Waals surface area contributed by atoms with Crippen LogP contribution in [0.1, 0.15) is 39.5 Å². The molecule has 0 radical (unpaired) electrons. The van der Waals surface area contributed by atoms with Gasteiger partial charge >= 0.3 is 0 Å². The van der Waals surface area contributed by atoms with Gasteiger partial charge in [0.25, 0.3) is 0 Å². The van der Waals surface area contributed by atoms with Gasteiger partial charge in [-0.3, -0.25) is 4.90 Å². The van der Waals surface area contributed by atoms with E-state index in [0.717, 1.165) is 6.54 Å². The molecule has 0 bridgehead atoms. The fourth-order valence-electron chi connectivity index (χ4n) is 2.53. The molecule has 0 aromatic carbocycles. The van der Waals surface area contributed by atoms with Crippen LogP contribution in [0.25, 0.3) is 0 Å². The summed E-state index contributed by atoms with van der Waals surface area (Å²) in [5.41, 5.74) is 6.31. The molecule has 0 aromatic rings. The van der Waals surface area contributed by atoms with Crippen LogP contribution in [0, 0.1) is 0 Å². The lowest BCUT2D eigenvalue weighted by molar-refractivity contribution is 0.0717. The van der Waals surface area contributed by atoms with Gasteiger partial charge in [0.15, 0.2) is 0 Å². The molecule has 90 valence electrons. The van der Waals surface area contributed by atoms with Gasteiger partial charge in [-0.1, -0.05) is 13.3 Å². The van der Waals surface area contributed by atoms with Crippen molar-refractivity contribution >= 4 is 11.8 Å². The quantitative estimate of drug-likeness (QED) is 0.786. The van der Waals surface area contributed by atoms with Crippen LogP contribution in [0.4, 0.5) is 0 Å². The van der Waals surface area contributed by atoms with Crippen LogP contribution in [0.15, 0.2) is 0 Å². The van der Waals surface area contributed by atoms with Gasteiger partial charge in [0.1, 0.15) is 0 Å². The summed E-state index contributed by atoms with van der Waals surface area (Å²) in [6.45, 7) is 5.41. The summed E-state index contributed by atoms with van der Waals surface area (Å²) in [5, 5.41) is 0. The second kappa shape index (κ2) is 6.12. The fraction of sp³-hybridized carbons (Fsp3) is 1.00. The van der Waals surface area contributed by atoms with Crippen molar-refractivity contribution < 1.29 is 0 Å². The summed E-state index contributed by atoms with van der Waals surface area (Å²) in [4.78, 5) is 2.55. The number of thioether (sulfide) groups is 1. The standard InChI is InChI=1S/C12H26N2S/c1-4-5-11(2)14(3)12(10-13)6-8-15-9-7-12/h11H,4-10,13H2,1-3H3. The highest BCUT2D eigenvalue weighted by Gasteiger charge is 2.36. The van der Waals surface area contributed by atoms with E-state index in [1.807, 2.05) is 0 Å². The monoisotopic (exact) mass is 230 g/mol. The number of hydrogen-bond donors (Lipinski definition) is 1. The molecule has 1 aliphatic heterocycles. The van der Waals surface area contributed by atoms with E-state index in [1.54, 1.807) is 0 Å². The maximum atomic E-state index is 6.02. The minimum atomic E-state index is 0.292. The molecule has 1 saturated heterocycles. The molecule has 2 N–H and O–H groups in total. The Kier molecular flexibility index (Phi) is 5.44. The molecule has 1 atom stereocenters. The van der Waals surface area contributed by atoms with Crippen molar-refractivity contribution in [1.29, 1.82) is 0 Å². The van der Waals surface area contributed by atoms with E-state index in [1.165, 1.54) is 37.2 Å². The van der Waals surface area contributed by atoms with Crippen LogP contribution < -0.4 is 5.73 Å². The lowest BCUT2D eigenvalue weighted by atomic mass is 9.88. The maximum Gasteiger partial charge on any atom is 0.0347 e. The molecule has 1 rings (SSSR count). The molecule has 1 heterocycles. The van der Waals surface area contributed by atoms with Crippen molar-refractivity contribution in [3.05, 3.63) is 0 Å². The summed E-state index contributed by atoms with van der Waals surface area (Å²) in [6, 6.07) is 0.668. The number of hydrogen-bond acceptors (Lipinski definition) is 3. The number of likely N-dealkylation sites (N-methyl/N-ethyl adjacent to an activating group) is 1. The predicted molar refractivity (Wildman–Crippen MR) is 70.5 cm³/mol. The predicted octanol–water partition coefficient (Wildman–Crippen LogP) is 2.33. The van der Waals surface area contributed by atoms with E-state index in [9.17, 15) is 0 Å². The Morgan fingerprint density at radius 1 is 1.40 bits per heavy atom. The van der Waals surface area contributed by atoms with Crippen molar-refractivity contribution in [3.8, 4) is 0 Å². The average molecular weight is 230 g/mol. The molecule has 1 aliphatic rings. The van der Waals surface area contributed by atoms with Gasteiger partial charge in [-0.05, 0) is 44.7 Å². The van der Waals surface area contributed by atoms with Gasteiger partial charge in [0.05, 0.1) is 0 Å². The van der Waals surface area contributed by atoms with Crippen molar-refractivity contribution in [1.82, 2.24) is 4.90 Å². The number of nitrogens with zero attached hydrogens (tertiary/aromatic N) is 1. The van der Waals surface area contributed by atoms with Crippen LogP contribution >= 0.6 is 11.8 Å². The second-order valence-corrected chi connectivity index (χ2v) is 6.01. The van der Waals surface area contributed by atoms with Crippen molar-refractivity contribution in [2.24, 2.45) is 5.73 Å². The molecule has 0 spiro atoms. The molecule has 0 amide bonds. The van der Waals surface area contributed by atoms with Gasteiger partial charge < -0.3 is 5.73 Å². The topological polar surface area (TPSA) is 29.3 Å². The summed E-state index contributed by atoms with van der Waals surface area (Å²) in [5.74, 6) is 2.56. The van der Waals surface area contributed by atoms with E-state index < -0.39 is 0 Å². The SMILES string of the molecule is CCCC(C)N(C)C1(CN)CCSCC1. The Balaban J connectivity index is 2.62. The Hall–Kier alpha value is 0.270. The van der Waals surface area contributed by atoms with E-state index in [2.05, 4.69) is 37.6 Å². The van der Waals surface area contributed by atoms with E-state index >= 15 is 0 Å². The third-order valence-corrected chi connectivity index (χ3v) is 4.90. The number of rotatable bonds is 5. The summed E-state index contributed by atoms with van der Waals surface area (Å²) >= 11 is 2.07. The lowest BCUT2D eigenvalue weighted by Crippen LogP contribution is -2.57. The summed E-state index contributed by atoms with van der Waals surface area (Å²) in [7, 11) is 2.27. The van der Waals surface area contributed by atoms with Crippen molar-refractivity contribution in [2.45, 2.75) is 51.1 Å². The highest BCUT2D eigenvalue weighted by atomic mass is 32.2. The molecule has 2 nitrogen and oxygen atoms in total. The summed E-state index contributed by atoms with van der Waals surface area (Å²) < 4.78 is 0. The normalized spacial score (nSPS) is 23.0. The minimum Gasteiger partial charge on any atom is -0.329 e. The number of nitrogens with two attached hydrogens (primary N) is 1. The fourth-order valence-corrected chi connectivity index (χ4v) is 3.78. The van der Waals surface area contributed by atoms with E-state index in [0.29, 0.717) is 11.6 Å². The van der Waals surface area contributed by atoms with Gasteiger partial charge in [0.2, 0.25) is 0 Å². The van der Waals surface area contributed by atoms with Crippen LogP contribution in [-0.2, 0) is 0 Å². The minimum absolute atomic E-state index is 0.292. The molecule has 1 fully saturated rings. The first-order valence-electron chi connectivity index (χ1n) is 6.17. The zero-order valence-corrected chi connectivity index (χ0v) is 11.3. The smallest absolute Gasteiger partial charge is 0.0347 e. The first-order chi connectivity index (χ1) is 7.16. The Morgan fingerprint density at radius 2 is 2.00 bits per heavy atom. The van der Waals surface area contributed by atoms with Crippen LogP contribution in [0.5, 0.6) is 0 Å². The van der Waals surface area contributed by atoms with Gasteiger partial charge in [-0.2, -0.15) is 11.8 Å². The second-order valence-electron chi connectivity index (χ2n) is 4.79. The highest BCUT2D eigenvalue weighted by molar-refractivity contribution is 7.99. The molecule has 1 unspecified atom stereocenters. The van der Waals surface area contributed by atoms with Crippen LogP contribution in [-0.4, -0.2) is 41.6 Å². The van der Waals surface area contributed by atoms with Crippen LogP contribution in [0.3, 0.4) is 0 Å². The first kappa shape index (κ1) is 13.3.